The van der Waals surface area contributed by atoms with Crippen molar-refractivity contribution in [2.75, 3.05) is 14.2 Å². The summed E-state index contributed by atoms with van der Waals surface area (Å²) >= 11 is 0. The minimum atomic E-state index is -0.355. The monoisotopic (exact) mass is 346 g/mol. The van der Waals surface area contributed by atoms with E-state index in [-0.39, 0.29) is 57.2 Å². The Bertz CT molecular complexity index is 770. The van der Waals surface area contributed by atoms with Crippen LogP contribution in [0.2, 0.25) is 0 Å². The average Bonchev–Trinajstić information content (AvgIpc) is 2.56. The first kappa shape index (κ1) is 18.1. The molecular formula is C18H18O7. The van der Waals surface area contributed by atoms with Gasteiger partial charge in [0.25, 0.3) is 0 Å². The number of ether oxygens (including phenoxy) is 3. The number of hydrogen-bond donors (Lipinski definition) is 2. The summed E-state index contributed by atoms with van der Waals surface area (Å²) in [4.78, 5) is 23.2. The van der Waals surface area contributed by atoms with Crippen molar-refractivity contribution in [3.05, 3.63) is 35.4 Å². The van der Waals surface area contributed by atoms with Crippen LogP contribution < -0.4 is 14.2 Å². The van der Waals surface area contributed by atoms with E-state index in [1.165, 1.54) is 52.3 Å². The smallest absolute Gasteiger partial charge is 0.170 e. The van der Waals surface area contributed by atoms with Crippen molar-refractivity contribution in [1.82, 2.24) is 0 Å². The highest BCUT2D eigenvalue weighted by Gasteiger charge is 2.19. The lowest BCUT2D eigenvalue weighted by molar-refractivity contribution is 0.100. The number of carbonyl (C=O) groups excluding carboxylic acids is 2. The molecule has 0 bridgehead atoms. The summed E-state index contributed by atoms with van der Waals surface area (Å²) in [6.07, 6.45) is 0. The Morgan fingerprint density at radius 2 is 1.08 bits per heavy atom. The van der Waals surface area contributed by atoms with Crippen molar-refractivity contribution in [1.29, 1.82) is 0 Å². The highest BCUT2D eigenvalue weighted by atomic mass is 16.5. The molecule has 2 rings (SSSR count). The Morgan fingerprint density at radius 3 is 1.36 bits per heavy atom. The SMILES string of the molecule is COc1cc(O)c(C(C)=O)cc1Oc1cc(C(C)=O)c(O)cc1OC. The molecule has 0 saturated carbocycles. The van der Waals surface area contributed by atoms with Crippen molar-refractivity contribution in [3.63, 3.8) is 0 Å². The van der Waals surface area contributed by atoms with E-state index in [1.807, 2.05) is 0 Å². The number of rotatable bonds is 6. The van der Waals surface area contributed by atoms with Crippen LogP contribution in [0.15, 0.2) is 24.3 Å². The van der Waals surface area contributed by atoms with Gasteiger partial charge in [-0.3, -0.25) is 9.59 Å². The first-order chi connectivity index (χ1) is 11.8. The van der Waals surface area contributed by atoms with Gasteiger partial charge >= 0.3 is 0 Å². The van der Waals surface area contributed by atoms with Crippen LogP contribution in [0.5, 0.6) is 34.5 Å². The van der Waals surface area contributed by atoms with Gasteiger partial charge in [0.05, 0.1) is 25.3 Å². The van der Waals surface area contributed by atoms with E-state index >= 15 is 0 Å². The van der Waals surface area contributed by atoms with Crippen molar-refractivity contribution < 1.29 is 34.0 Å². The van der Waals surface area contributed by atoms with Gasteiger partial charge in [-0.05, 0) is 26.0 Å². The molecule has 0 aromatic heterocycles. The molecule has 0 saturated heterocycles. The maximum Gasteiger partial charge on any atom is 0.170 e. The molecule has 0 aliphatic rings. The second kappa shape index (κ2) is 7.12. The molecule has 7 nitrogen and oxygen atoms in total. The third-order valence-electron chi connectivity index (χ3n) is 3.54. The fraction of sp³-hybridized carbons (Fsp3) is 0.222. The predicted molar refractivity (Wildman–Crippen MR) is 89.4 cm³/mol. The molecule has 2 aromatic rings. The number of aromatic hydroxyl groups is 2. The summed E-state index contributed by atoms with van der Waals surface area (Å²) in [5, 5.41) is 19.8. The minimum absolute atomic E-state index is 0.0559. The van der Waals surface area contributed by atoms with Crippen LogP contribution >= 0.6 is 0 Å². The Morgan fingerprint density at radius 1 is 0.720 bits per heavy atom. The van der Waals surface area contributed by atoms with Gasteiger partial charge < -0.3 is 24.4 Å². The average molecular weight is 346 g/mol. The van der Waals surface area contributed by atoms with Crippen LogP contribution in [-0.2, 0) is 0 Å². The maximum atomic E-state index is 11.6. The molecule has 0 amide bonds. The Balaban J connectivity index is 2.59. The highest BCUT2D eigenvalue weighted by Crippen LogP contribution is 2.42. The standard InChI is InChI=1S/C18H18O7/c1-9(19)11-5-17(15(23-3)7-13(11)21)25-18-6-12(10(2)20)14(22)8-16(18)24-4/h5-8,21-22H,1-4H3. The molecule has 2 aromatic carbocycles. The molecule has 0 radical (unpaired) electrons. The lowest BCUT2D eigenvalue weighted by Gasteiger charge is -2.16. The van der Waals surface area contributed by atoms with Crippen molar-refractivity contribution in [2.24, 2.45) is 0 Å². The van der Waals surface area contributed by atoms with Crippen molar-refractivity contribution >= 4 is 11.6 Å². The molecule has 0 aliphatic carbocycles. The number of hydrogen-bond acceptors (Lipinski definition) is 7. The summed E-state index contributed by atoms with van der Waals surface area (Å²) in [5.41, 5.74) is 0.112. The van der Waals surface area contributed by atoms with Gasteiger partial charge in [0.1, 0.15) is 11.5 Å². The first-order valence-electron chi connectivity index (χ1n) is 7.30. The van der Waals surface area contributed by atoms with Crippen LogP contribution in [0.3, 0.4) is 0 Å². The third kappa shape index (κ3) is 3.65. The third-order valence-corrected chi connectivity index (χ3v) is 3.54. The largest absolute Gasteiger partial charge is 0.507 e. The Hall–Kier alpha value is -3.22. The van der Waals surface area contributed by atoms with Crippen LogP contribution in [0.4, 0.5) is 0 Å². The normalized spacial score (nSPS) is 10.2. The van der Waals surface area contributed by atoms with Crippen LogP contribution in [0, 0.1) is 0 Å². The topological polar surface area (TPSA) is 102 Å². The number of ketones is 2. The molecular weight excluding hydrogens is 328 g/mol. The molecule has 2 N–H and O–H groups in total. The van der Waals surface area contributed by atoms with E-state index in [0.29, 0.717) is 0 Å². The number of phenols is 2. The number of carbonyl (C=O) groups is 2. The van der Waals surface area contributed by atoms with Crippen LogP contribution in [0.1, 0.15) is 34.6 Å². The second-order valence-electron chi connectivity index (χ2n) is 5.25. The number of Topliss-reactive ketones (excluding diaryl/α,β-unsaturated/α-hetero) is 2. The van der Waals surface area contributed by atoms with Gasteiger partial charge in [-0.15, -0.1) is 0 Å². The summed E-state index contributed by atoms with van der Waals surface area (Å²) in [6.45, 7) is 2.61. The molecule has 132 valence electrons. The van der Waals surface area contributed by atoms with Crippen LogP contribution in [-0.4, -0.2) is 36.0 Å². The van der Waals surface area contributed by atoms with E-state index in [1.54, 1.807) is 0 Å². The maximum absolute atomic E-state index is 11.6. The molecule has 0 unspecified atom stereocenters. The number of phenolic OH excluding ortho intramolecular Hbond substituents is 2. The van der Waals surface area contributed by atoms with E-state index in [4.69, 9.17) is 14.2 Å². The predicted octanol–water partition coefficient (Wildman–Crippen LogP) is 3.31. The van der Waals surface area contributed by atoms with Gasteiger partial charge in [0.15, 0.2) is 34.6 Å². The van der Waals surface area contributed by atoms with E-state index in [0.717, 1.165) is 0 Å². The number of methoxy groups -OCH3 is 2. The quantitative estimate of drug-likeness (QED) is 0.774. The summed E-state index contributed by atoms with van der Waals surface area (Å²) < 4.78 is 16.0. The minimum Gasteiger partial charge on any atom is -0.507 e. The van der Waals surface area contributed by atoms with E-state index in [9.17, 15) is 19.8 Å². The zero-order valence-corrected chi connectivity index (χ0v) is 14.2. The molecule has 0 spiro atoms. The summed E-state index contributed by atoms with van der Waals surface area (Å²) in [5.74, 6) is -0.534. The fourth-order valence-electron chi connectivity index (χ4n) is 2.26. The van der Waals surface area contributed by atoms with Gasteiger partial charge in [-0.1, -0.05) is 0 Å². The molecule has 0 aliphatic heterocycles. The molecule has 0 fully saturated rings. The van der Waals surface area contributed by atoms with Gasteiger partial charge in [-0.25, -0.2) is 0 Å². The molecule has 0 heterocycles. The summed E-state index contributed by atoms with van der Waals surface area (Å²) in [7, 11) is 2.76. The van der Waals surface area contributed by atoms with E-state index in [2.05, 4.69) is 0 Å². The van der Waals surface area contributed by atoms with Gasteiger partial charge in [0, 0.05) is 12.1 Å². The molecule has 7 heteroatoms. The van der Waals surface area contributed by atoms with Gasteiger partial charge in [0.2, 0.25) is 0 Å². The van der Waals surface area contributed by atoms with Crippen LogP contribution in [0.25, 0.3) is 0 Å². The highest BCUT2D eigenvalue weighted by molar-refractivity contribution is 5.98. The lowest BCUT2D eigenvalue weighted by Crippen LogP contribution is -2.00. The second-order valence-corrected chi connectivity index (χ2v) is 5.25. The fourth-order valence-corrected chi connectivity index (χ4v) is 2.26. The van der Waals surface area contributed by atoms with Crippen molar-refractivity contribution in [3.8, 4) is 34.5 Å². The van der Waals surface area contributed by atoms with E-state index < -0.39 is 0 Å². The summed E-state index contributed by atoms with van der Waals surface area (Å²) in [6, 6.07) is 5.17. The lowest BCUT2D eigenvalue weighted by atomic mass is 10.1. The van der Waals surface area contributed by atoms with Crippen molar-refractivity contribution in [2.45, 2.75) is 13.8 Å². The molecule has 0 atom stereocenters. The number of benzene rings is 2. The first-order valence-corrected chi connectivity index (χ1v) is 7.30. The zero-order chi connectivity index (χ0) is 18.7. The Labute approximate surface area is 144 Å². The zero-order valence-electron chi connectivity index (χ0n) is 14.2. The van der Waals surface area contributed by atoms with Gasteiger partial charge in [-0.2, -0.15) is 0 Å². The molecule has 25 heavy (non-hydrogen) atoms. The Kier molecular flexibility index (Phi) is 5.17.